The first kappa shape index (κ1) is 7.94. The van der Waals surface area contributed by atoms with E-state index in [0.717, 1.165) is 0 Å². The van der Waals surface area contributed by atoms with Crippen molar-refractivity contribution in [2.45, 2.75) is 13.0 Å². The predicted molar refractivity (Wildman–Crippen MR) is 39.2 cm³/mol. The SMILES string of the molecule is COc1ccc(C(C)O)nn1. The van der Waals surface area contributed by atoms with Crippen molar-refractivity contribution in [1.82, 2.24) is 10.2 Å². The molecule has 1 rings (SSSR count). The molecule has 1 heterocycles. The van der Waals surface area contributed by atoms with Gasteiger partial charge < -0.3 is 9.84 Å². The Labute approximate surface area is 64.8 Å². The predicted octanol–water partition coefficient (Wildman–Crippen LogP) is 0.538. The van der Waals surface area contributed by atoms with Crippen LogP contribution < -0.4 is 4.74 Å². The summed E-state index contributed by atoms with van der Waals surface area (Å²) in [6, 6.07) is 3.34. The Morgan fingerprint density at radius 2 is 2.18 bits per heavy atom. The molecule has 0 fully saturated rings. The molecule has 1 unspecified atom stereocenters. The maximum atomic E-state index is 9.04. The standard InChI is InChI=1S/C7H10N2O2/c1-5(10)6-3-4-7(11-2)9-8-6/h3-5,10H,1-2H3. The van der Waals surface area contributed by atoms with Crippen molar-refractivity contribution in [1.29, 1.82) is 0 Å². The number of hydrogen-bond donors (Lipinski definition) is 1. The van der Waals surface area contributed by atoms with Crippen LogP contribution in [0.3, 0.4) is 0 Å². The van der Waals surface area contributed by atoms with E-state index < -0.39 is 6.10 Å². The fraction of sp³-hybridized carbons (Fsp3) is 0.429. The minimum Gasteiger partial charge on any atom is -0.480 e. The number of aliphatic hydroxyl groups is 1. The smallest absolute Gasteiger partial charge is 0.233 e. The molecule has 0 radical (unpaired) electrons. The summed E-state index contributed by atoms with van der Waals surface area (Å²) < 4.78 is 4.79. The fourth-order valence-corrected chi connectivity index (χ4v) is 0.662. The van der Waals surface area contributed by atoms with Crippen LogP contribution in [0, 0.1) is 0 Å². The zero-order chi connectivity index (χ0) is 8.27. The summed E-state index contributed by atoms with van der Waals surface area (Å²) in [5.41, 5.74) is 0.547. The van der Waals surface area contributed by atoms with Crippen LogP contribution in [-0.4, -0.2) is 22.4 Å². The van der Waals surface area contributed by atoms with Crippen LogP contribution in [0.15, 0.2) is 12.1 Å². The molecule has 1 aromatic heterocycles. The van der Waals surface area contributed by atoms with Crippen LogP contribution in [-0.2, 0) is 0 Å². The minimum atomic E-state index is -0.576. The van der Waals surface area contributed by atoms with Gasteiger partial charge in [0, 0.05) is 6.07 Å². The number of ether oxygens (including phenoxy) is 1. The molecule has 0 aromatic carbocycles. The second-order valence-electron chi connectivity index (χ2n) is 2.18. The largest absolute Gasteiger partial charge is 0.480 e. The molecule has 11 heavy (non-hydrogen) atoms. The van der Waals surface area contributed by atoms with E-state index in [1.54, 1.807) is 19.1 Å². The molecule has 1 N–H and O–H groups in total. The van der Waals surface area contributed by atoms with Gasteiger partial charge in [-0.15, -0.1) is 10.2 Å². The third-order valence-electron chi connectivity index (χ3n) is 1.30. The van der Waals surface area contributed by atoms with E-state index in [0.29, 0.717) is 11.6 Å². The van der Waals surface area contributed by atoms with Crippen LogP contribution in [0.1, 0.15) is 18.7 Å². The Morgan fingerprint density at radius 3 is 2.55 bits per heavy atom. The van der Waals surface area contributed by atoms with Crippen LogP contribution in [0.5, 0.6) is 5.88 Å². The highest BCUT2D eigenvalue weighted by Gasteiger charge is 2.02. The van der Waals surface area contributed by atoms with E-state index in [9.17, 15) is 0 Å². The van der Waals surface area contributed by atoms with Crippen LogP contribution in [0.25, 0.3) is 0 Å². The molecule has 0 amide bonds. The van der Waals surface area contributed by atoms with E-state index in [1.165, 1.54) is 7.11 Å². The first-order valence-electron chi connectivity index (χ1n) is 3.29. The molecule has 0 aliphatic heterocycles. The second-order valence-corrected chi connectivity index (χ2v) is 2.18. The highest BCUT2D eigenvalue weighted by molar-refractivity contribution is 5.12. The maximum absolute atomic E-state index is 9.04. The summed E-state index contributed by atoms with van der Waals surface area (Å²) in [7, 11) is 1.52. The van der Waals surface area contributed by atoms with Gasteiger partial charge in [0.1, 0.15) is 0 Å². The van der Waals surface area contributed by atoms with E-state index in [4.69, 9.17) is 9.84 Å². The molecule has 0 aliphatic carbocycles. The van der Waals surface area contributed by atoms with Crippen molar-refractivity contribution >= 4 is 0 Å². The van der Waals surface area contributed by atoms with E-state index in [2.05, 4.69) is 10.2 Å². The Balaban J connectivity index is 2.83. The van der Waals surface area contributed by atoms with E-state index in [1.807, 2.05) is 0 Å². The van der Waals surface area contributed by atoms with Gasteiger partial charge in [0.2, 0.25) is 5.88 Å². The van der Waals surface area contributed by atoms with Crippen molar-refractivity contribution in [2.75, 3.05) is 7.11 Å². The Bertz CT molecular complexity index is 220. The Hall–Kier alpha value is -1.16. The highest BCUT2D eigenvalue weighted by Crippen LogP contribution is 2.09. The summed E-state index contributed by atoms with van der Waals surface area (Å²) in [6.07, 6.45) is -0.576. The topological polar surface area (TPSA) is 55.2 Å². The summed E-state index contributed by atoms with van der Waals surface area (Å²) in [6.45, 7) is 1.64. The van der Waals surface area contributed by atoms with Gasteiger partial charge in [0.25, 0.3) is 0 Å². The average molecular weight is 154 g/mol. The number of rotatable bonds is 2. The van der Waals surface area contributed by atoms with Gasteiger partial charge in [-0.3, -0.25) is 0 Å². The van der Waals surface area contributed by atoms with Gasteiger partial charge in [-0.05, 0) is 13.0 Å². The van der Waals surface area contributed by atoms with Gasteiger partial charge in [-0.25, -0.2) is 0 Å². The molecular weight excluding hydrogens is 144 g/mol. The van der Waals surface area contributed by atoms with Crippen molar-refractivity contribution in [3.05, 3.63) is 17.8 Å². The lowest BCUT2D eigenvalue weighted by atomic mass is 10.3. The summed E-state index contributed by atoms with van der Waals surface area (Å²) in [5, 5.41) is 16.5. The minimum absolute atomic E-state index is 0.453. The highest BCUT2D eigenvalue weighted by atomic mass is 16.5. The summed E-state index contributed by atoms with van der Waals surface area (Å²) >= 11 is 0. The molecule has 0 saturated heterocycles. The third kappa shape index (κ3) is 1.88. The van der Waals surface area contributed by atoms with Crippen molar-refractivity contribution in [2.24, 2.45) is 0 Å². The number of aliphatic hydroxyl groups excluding tert-OH is 1. The van der Waals surface area contributed by atoms with Crippen LogP contribution in [0.2, 0.25) is 0 Å². The molecule has 1 aromatic rings. The van der Waals surface area contributed by atoms with Crippen LogP contribution >= 0.6 is 0 Å². The third-order valence-corrected chi connectivity index (χ3v) is 1.30. The molecule has 0 spiro atoms. The van der Waals surface area contributed by atoms with Crippen molar-refractivity contribution in [3.63, 3.8) is 0 Å². The lowest BCUT2D eigenvalue weighted by molar-refractivity contribution is 0.192. The molecule has 0 aliphatic rings. The van der Waals surface area contributed by atoms with Crippen LogP contribution in [0.4, 0.5) is 0 Å². The molecule has 60 valence electrons. The fourth-order valence-electron chi connectivity index (χ4n) is 0.662. The van der Waals surface area contributed by atoms with E-state index in [-0.39, 0.29) is 0 Å². The first-order chi connectivity index (χ1) is 5.24. The molecular formula is C7H10N2O2. The van der Waals surface area contributed by atoms with Crippen molar-refractivity contribution < 1.29 is 9.84 Å². The Kier molecular flexibility index (Phi) is 2.38. The number of methoxy groups -OCH3 is 1. The zero-order valence-corrected chi connectivity index (χ0v) is 6.48. The van der Waals surface area contributed by atoms with E-state index >= 15 is 0 Å². The number of nitrogens with zero attached hydrogens (tertiary/aromatic N) is 2. The lowest BCUT2D eigenvalue weighted by Gasteiger charge is -2.01. The molecule has 4 nitrogen and oxygen atoms in total. The zero-order valence-electron chi connectivity index (χ0n) is 6.48. The molecule has 1 atom stereocenters. The normalized spacial score (nSPS) is 12.6. The Morgan fingerprint density at radius 1 is 1.45 bits per heavy atom. The molecule has 0 saturated carbocycles. The lowest BCUT2D eigenvalue weighted by Crippen LogP contribution is -1.98. The first-order valence-corrected chi connectivity index (χ1v) is 3.29. The quantitative estimate of drug-likeness (QED) is 0.675. The second kappa shape index (κ2) is 3.30. The number of hydrogen-bond acceptors (Lipinski definition) is 4. The average Bonchev–Trinajstić information content (AvgIpc) is 2.05. The number of aromatic nitrogens is 2. The maximum Gasteiger partial charge on any atom is 0.233 e. The molecule has 4 heteroatoms. The monoisotopic (exact) mass is 154 g/mol. The van der Waals surface area contributed by atoms with Gasteiger partial charge in [-0.2, -0.15) is 0 Å². The summed E-state index contributed by atoms with van der Waals surface area (Å²) in [4.78, 5) is 0. The van der Waals surface area contributed by atoms with Gasteiger partial charge in [0.15, 0.2) is 0 Å². The van der Waals surface area contributed by atoms with Gasteiger partial charge in [0.05, 0.1) is 18.9 Å². The van der Waals surface area contributed by atoms with Gasteiger partial charge >= 0.3 is 0 Å². The van der Waals surface area contributed by atoms with Gasteiger partial charge in [-0.1, -0.05) is 0 Å². The summed E-state index contributed by atoms with van der Waals surface area (Å²) in [5.74, 6) is 0.453. The molecule has 0 bridgehead atoms. The van der Waals surface area contributed by atoms with Crippen molar-refractivity contribution in [3.8, 4) is 5.88 Å².